The Morgan fingerprint density at radius 2 is 2.00 bits per heavy atom. The number of hydrogen-bond acceptors (Lipinski definition) is 2. The fourth-order valence-corrected chi connectivity index (χ4v) is 2.39. The zero-order chi connectivity index (χ0) is 13.7. The van der Waals surface area contributed by atoms with E-state index in [0.717, 1.165) is 35.1 Å². The Kier molecular flexibility index (Phi) is 4.61. The van der Waals surface area contributed by atoms with Gasteiger partial charge in [-0.05, 0) is 18.9 Å². The molecule has 0 amide bonds. The number of unbranched alkanes of at least 4 members (excludes halogenated alkanes) is 2. The maximum Gasteiger partial charge on any atom is 0.303 e. The molecule has 3 heteroatoms. The number of carbonyl (C=O) groups is 1. The lowest BCUT2D eigenvalue weighted by atomic mass is 10.0. The first-order chi connectivity index (χ1) is 9.22. The Balaban J connectivity index is 2.26. The van der Waals surface area contributed by atoms with Crippen molar-refractivity contribution in [2.24, 2.45) is 0 Å². The summed E-state index contributed by atoms with van der Waals surface area (Å²) in [7, 11) is 0. The highest BCUT2D eigenvalue weighted by atomic mass is 16.4. The minimum Gasteiger partial charge on any atom is -0.481 e. The molecule has 0 bridgehead atoms. The maximum absolute atomic E-state index is 10.8. The van der Waals surface area contributed by atoms with Crippen LogP contribution in [-0.4, -0.2) is 11.1 Å². The molecule has 0 unspecified atom stereocenters. The number of furan rings is 1. The summed E-state index contributed by atoms with van der Waals surface area (Å²) in [5.74, 6) is 0.209. The molecule has 102 valence electrons. The molecule has 0 radical (unpaired) electrons. The highest BCUT2D eigenvalue weighted by molar-refractivity contribution is 5.82. The second-order valence-corrected chi connectivity index (χ2v) is 4.85. The van der Waals surface area contributed by atoms with Crippen LogP contribution in [-0.2, 0) is 17.6 Å². The van der Waals surface area contributed by atoms with Crippen molar-refractivity contribution in [1.82, 2.24) is 0 Å². The summed E-state index contributed by atoms with van der Waals surface area (Å²) in [4.78, 5) is 10.8. The number of benzene rings is 1. The molecule has 2 aromatic rings. The molecule has 1 aromatic heterocycles. The molecule has 0 aliphatic carbocycles. The monoisotopic (exact) mass is 260 g/mol. The molecule has 0 spiro atoms. The minimum atomic E-state index is -0.759. The molecule has 0 saturated carbocycles. The van der Waals surface area contributed by atoms with E-state index in [1.807, 2.05) is 24.3 Å². The van der Waals surface area contributed by atoms with Crippen LogP contribution in [0.4, 0.5) is 0 Å². The lowest BCUT2D eigenvalue weighted by molar-refractivity contribution is -0.136. The molecule has 0 fully saturated rings. The van der Waals surface area contributed by atoms with Crippen molar-refractivity contribution in [3.05, 3.63) is 35.6 Å². The second-order valence-electron chi connectivity index (χ2n) is 4.85. The van der Waals surface area contributed by atoms with Crippen LogP contribution in [0.25, 0.3) is 11.0 Å². The van der Waals surface area contributed by atoms with Gasteiger partial charge in [0.25, 0.3) is 0 Å². The summed E-state index contributed by atoms with van der Waals surface area (Å²) in [5, 5.41) is 9.92. The topological polar surface area (TPSA) is 50.4 Å². The van der Waals surface area contributed by atoms with Crippen LogP contribution in [0.1, 0.15) is 43.9 Å². The predicted molar refractivity (Wildman–Crippen MR) is 75.4 cm³/mol. The van der Waals surface area contributed by atoms with Gasteiger partial charge in [-0.25, -0.2) is 0 Å². The molecule has 1 heterocycles. The van der Waals surface area contributed by atoms with E-state index in [2.05, 4.69) is 6.92 Å². The summed E-state index contributed by atoms with van der Waals surface area (Å²) >= 11 is 0. The number of aryl methyl sites for hydroxylation is 2. The van der Waals surface area contributed by atoms with Crippen molar-refractivity contribution in [3.63, 3.8) is 0 Å². The Morgan fingerprint density at radius 3 is 2.74 bits per heavy atom. The normalized spacial score (nSPS) is 11.0. The van der Waals surface area contributed by atoms with Crippen molar-refractivity contribution in [3.8, 4) is 0 Å². The fourth-order valence-electron chi connectivity index (χ4n) is 2.39. The van der Waals surface area contributed by atoms with Gasteiger partial charge in [0.1, 0.15) is 11.3 Å². The molecule has 2 rings (SSSR count). The van der Waals surface area contributed by atoms with Gasteiger partial charge in [0.15, 0.2) is 0 Å². The van der Waals surface area contributed by atoms with Crippen LogP contribution in [0.5, 0.6) is 0 Å². The standard InChI is InChI=1S/C16H20O3/c1-2-3-4-8-15-13(10-11-16(17)18)12-7-5-6-9-14(12)19-15/h5-7,9H,2-4,8,10-11H2,1H3,(H,17,18). The number of para-hydroxylation sites is 1. The van der Waals surface area contributed by atoms with E-state index in [1.165, 1.54) is 12.8 Å². The smallest absolute Gasteiger partial charge is 0.303 e. The molecular formula is C16H20O3. The molecule has 0 atom stereocenters. The summed E-state index contributed by atoms with van der Waals surface area (Å²) in [6, 6.07) is 7.88. The molecule has 0 aliphatic rings. The number of rotatable bonds is 7. The molecule has 1 aromatic carbocycles. The number of carboxylic acid groups (broad SMARTS) is 1. The van der Waals surface area contributed by atoms with E-state index < -0.39 is 5.97 Å². The number of hydrogen-bond donors (Lipinski definition) is 1. The van der Waals surface area contributed by atoms with Gasteiger partial charge in [-0.15, -0.1) is 0 Å². The maximum atomic E-state index is 10.8. The van der Waals surface area contributed by atoms with Crippen molar-refractivity contribution in [2.75, 3.05) is 0 Å². The molecule has 1 N–H and O–H groups in total. The minimum absolute atomic E-state index is 0.157. The fraction of sp³-hybridized carbons (Fsp3) is 0.438. The van der Waals surface area contributed by atoms with Crippen molar-refractivity contribution >= 4 is 16.9 Å². The Bertz CT molecular complexity index is 554. The highest BCUT2D eigenvalue weighted by Crippen LogP contribution is 2.28. The Morgan fingerprint density at radius 1 is 1.21 bits per heavy atom. The summed E-state index contributed by atoms with van der Waals surface area (Å²) in [5.41, 5.74) is 1.95. The van der Waals surface area contributed by atoms with Crippen LogP contribution >= 0.6 is 0 Å². The average Bonchev–Trinajstić information content (AvgIpc) is 2.74. The average molecular weight is 260 g/mol. The van der Waals surface area contributed by atoms with E-state index in [-0.39, 0.29) is 6.42 Å². The first-order valence-corrected chi connectivity index (χ1v) is 6.93. The number of carboxylic acids is 1. The van der Waals surface area contributed by atoms with Gasteiger partial charge >= 0.3 is 5.97 Å². The van der Waals surface area contributed by atoms with E-state index in [4.69, 9.17) is 9.52 Å². The summed E-state index contributed by atoms with van der Waals surface area (Å²) < 4.78 is 5.89. The van der Waals surface area contributed by atoms with Crippen LogP contribution in [0.3, 0.4) is 0 Å². The zero-order valence-corrected chi connectivity index (χ0v) is 11.3. The van der Waals surface area contributed by atoms with Crippen LogP contribution in [0, 0.1) is 0 Å². The van der Waals surface area contributed by atoms with Gasteiger partial charge < -0.3 is 9.52 Å². The molecule has 19 heavy (non-hydrogen) atoms. The van der Waals surface area contributed by atoms with Gasteiger partial charge in [0.2, 0.25) is 0 Å². The van der Waals surface area contributed by atoms with Gasteiger partial charge in [-0.1, -0.05) is 38.0 Å². The van der Waals surface area contributed by atoms with Crippen LogP contribution in [0.15, 0.2) is 28.7 Å². The number of aliphatic carboxylic acids is 1. The third-order valence-corrected chi connectivity index (χ3v) is 3.38. The van der Waals surface area contributed by atoms with Gasteiger partial charge in [-0.2, -0.15) is 0 Å². The van der Waals surface area contributed by atoms with Crippen molar-refractivity contribution in [1.29, 1.82) is 0 Å². The highest BCUT2D eigenvalue weighted by Gasteiger charge is 2.14. The Labute approximate surface area is 113 Å². The second kappa shape index (κ2) is 6.41. The predicted octanol–water partition coefficient (Wildman–Crippen LogP) is 4.18. The summed E-state index contributed by atoms with van der Waals surface area (Å²) in [6.45, 7) is 2.17. The van der Waals surface area contributed by atoms with E-state index in [1.54, 1.807) is 0 Å². The molecule has 3 nitrogen and oxygen atoms in total. The van der Waals surface area contributed by atoms with E-state index in [0.29, 0.717) is 6.42 Å². The largest absolute Gasteiger partial charge is 0.481 e. The van der Waals surface area contributed by atoms with Crippen molar-refractivity contribution < 1.29 is 14.3 Å². The van der Waals surface area contributed by atoms with Crippen LogP contribution in [0.2, 0.25) is 0 Å². The van der Waals surface area contributed by atoms with Gasteiger partial charge in [0, 0.05) is 23.8 Å². The number of fused-ring (bicyclic) bond motifs is 1. The molecule has 0 saturated heterocycles. The third kappa shape index (κ3) is 3.37. The third-order valence-electron chi connectivity index (χ3n) is 3.38. The quantitative estimate of drug-likeness (QED) is 0.760. The van der Waals surface area contributed by atoms with E-state index in [9.17, 15) is 4.79 Å². The van der Waals surface area contributed by atoms with Gasteiger partial charge in [-0.3, -0.25) is 4.79 Å². The lowest BCUT2D eigenvalue weighted by Crippen LogP contribution is -1.99. The molecular weight excluding hydrogens is 240 g/mol. The van der Waals surface area contributed by atoms with Gasteiger partial charge in [0.05, 0.1) is 0 Å². The van der Waals surface area contributed by atoms with Crippen molar-refractivity contribution in [2.45, 2.75) is 45.4 Å². The summed E-state index contributed by atoms with van der Waals surface area (Å²) in [6.07, 6.45) is 5.05. The van der Waals surface area contributed by atoms with Crippen LogP contribution < -0.4 is 0 Å². The first-order valence-electron chi connectivity index (χ1n) is 6.93. The Hall–Kier alpha value is -1.77. The lowest BCUT2D eigenvalue weighted by Gasteiger charge is -2.01. The SMILES string of the molecule is CCCCCc1oc2ccccc2c1CCC(=O)O. The first kappa shape index (κ1) is 13.7. The molecule has 0 aliphatic heterocycles. The zero-order valence-electron chi connectivity index (χ0n) is 11.3. The van der Waals surface area contributed by atoms with E-state index >= 15 is 0 Å².